The number of rotatable bonds is 10. The summed E-state index contributed by atoms with van der Waals surface area (Å²) in [4.78, 5) is 0. The van der Waals surface area contributed by atoms with E-state index in [1.807, 2.05) is 18.2 Å². The van der Waals surface area contributed by atoms with Gasteiger partial charge >= 0.3 is 0 Å². The Kier molecular flexibility index (Phi) is 7.77. The smallest absolute Gasteiger partial charge is 0.137 e. The molecule has 0 amide bonds. The van der Waals surface area contributed by atoms with E-state index in [0.29, 0.717) is 17.9 Å². The molecule has 0 fully saturated rings. The molecule has 0 saturated heterocycles. The van der Waals surface area contributed by atoms with Gasteiger partial charge in [-0.15, -0.1) is 0 Å². The Hall–Kier alpha value is -2.27. The number of para-hydroxylation sites is 1. The van der Waals surface area contributed by atoms with Crippen molar-refractivity contribution in [2.24, 2.45) is 0 Å². The molecule has 0 aliphatic heterocycles. The van der Waals surface area contributed by atoms with Crippen molar-refractivity contribution in [1.29, 1.82) is 5.26 Å². The van der Waals surface area contributed by atoms with Crippen LogP contribution < -0.4 is 4.74 Å². The molecule has 2 aromatic rings. The van der Waals surface area contributed by atoms with Crippen LogP contribution in [-0.4, -0.2) is 6.61 Å². The maximum atomic E-state index is 8.99. The lowest BCUT2D eigenvalue weighted by atomic mass is 10.1. The molecule has 0 aromatic heterocycles. The van der Waals surface area contributed by atoms with E-state index in [9.17, 15) is 0 Å². The fourth-order valence-corrected chi connectivity index (χ4v) is 2.65. The van der Waals surface area contributed by atoms with Gasteiger partial charge in [0, 0.05) is 0 Å². The second-order valence-corrected chi connectivity index (χ2v) is 5.81. The number of unbranched alkanes of at least 4 members (excludes halogenated alkanes) is 5. The fraction of sp³-hybridized carbons (Fsp3) is 0.381. The molecule has 2 rings (SSSR count). The van der Waals surface area contributed by atoms with Crippen molar-refractivity contribution in [1.82, 2.24) is 0 Å². The van der Waals surface area contributed by atoms with E-state index < -0.39 is 0 Å². The molecule has 0 N–H and O–H groups in total. The molecule has 0 spiro atoms. The average molecular weight is 307 g/mol. The maximum Gasteiger partial charge on any atom is 0.137 e. The third-order valence-electron chi connectivity index (χ3n) is 3.97. The van der Waals surface area contributed by atoms with E-state index in [1.54, 1.807) is 6.07 Å². The molecule has 0 bridgehead atoms. The lowest BCUT2D eigenvalue weighted by molar-refractivity contribution is 0.303. The van der Waals surface area contributed by atoms with Crippen LogP contribution >= 0.6 is 0 Å². The van der Waals surface area contributed by atoms with Gasteiger partial charge in [-0.05, 0) is 37.0 Å². The van der Waals surface area contributed by atoms with Crippen LogP contribution in [0.15, 0.2) is 54.6 Å². The van der Waals surface area contributed by atoms with E-state index in [2.05, 4.69) is 36.4 Å². The first-order chi connectivity index (χ1) is 11.4. The minimum absolute atomic E-state index is 0.619. The summed E-state index contributed by atoms with van der Waals surface area (Å²) in [7, 11) is 0. The largest absolute Gasteiger partial charge is 0.492 e. The maximum absolute atomic E-state index is 8.99. The summed E-state index contributed by atoms with van der Waals surface area (Å²) in [6.45, 7) is 0.697. The highest BCUT2D eigenvalue weighted by molar-refractivity contribution is 5.42. The monoisotopic (exact) mass is 307 g/mol. The summed E-state index contributed by atoms with van der Waals surface area (Å²) in [5.74, 6) is 0.706. The number of hydrogen-bond acceptors (Lipinski definition) is 2. The number of nitrogens with zero attached hydrogens (tertiary/aromatic N) is 1. The summed E-state index contributed by atoms with van der Waals surface area (Å²) >= 11 is 0. The van der Waals surface area contributed by atoms with E-state index in [4.69, 9.17) is 10.00 Å². The van der Waals surface area contributed by atoms with Crippen molar-refractivity contribution in [3.8, 4) is 11.8 Å². The van der Waals surface area contributed by atoms with Gasteiger partial charge in [0.2, 0.25) is 0 Å². The van der Waals surface area contributed by atoms with Crippen molar-refractivity contribution < 1.29 is 4.74 Å². The molecule has 2 aromatic carbocycles. The predicted molar refractivity (Wildman–Crippen MR) is 94.5 cm³/mol. The van der Waals surface area contributed by atoms with Crippen molar-refractivity contribution >= 4 is 0 Å². The summed E-state index contributed by atoms with van der Waals surface area (Å²) in [6, 6.07) is 20.3. The highest BCUT2D eigenvalue weighted by Crippen LogP contribution is 2.17. The molecule has 0 unspecified atom stereocenters. The van der Waals surface area contributed by atoms with Crippen LogP contribution in [-0.2, 0) is 6.42 Å². The Morgan fingerprint density at radius 3 is 2.17 bits per heavy atom. The number of benzene rings is 2. The van der Waals surface area contributed by atoms with E-state index in [1.165, 1.54) is 44.1 Å². The predicted octanol–water partition coefficient (Wildman–Crippen LogP) is 5.52. The molecular weight excluding hydrogens is 282 g/mol. The Morgan fingerprint density at radius 2 is 1.39 bits per heavy atom. The van der Waals surface area contributed by atoms with Crippen LogP contribution in [0.1, 0.15) is 49.7 Å². The number of hydrogen-bond donors (Lipinski definition) is 0. The van der Waals surface area contributed by atoms with Crippen LogP contribution in [0.4, 0.5) is 0 Å². The summed E-state index contributed by atoms with van der Waals surface area (Å²) in [5, 5.41) is 8.99. The van der Waals surface area contributed by atoms with Crippen LogP contribution in [0, 0.1) is 11.3 Å². The van der Waals surface area contributed by atoms with Crippen LogP contribution in [0.5, 0.6) is 5.75 Å². The minimum Gasteiger partial charge on any atom is -0.492 e. The van der Waals surface area contributed by atoms with Crippen molar-refractivity contribution in [3.05, 3.63) is 65.7 Å². The first kappa shape index (κ1) is 17.1. The molecular formula is C21H25NO. The SMILES string of the molecule is N#Cc1ccccc1OCCCCCCCCc1ccccc1. The van der Waals surface area contributed by atoms with Crippen molar-refractivity contribution in [3.63, 3.8) is 0 Å². The van der Waals surface area contributed by atoms with Gasteiger partial charge < -0.3 is 4.74 Å². The number of aryl methyl sites for hydroxylation is 1. The van der Waals surface area contributed by atoms with Crippen molar-refractivity contribution in [2.75, 3.05) is 6.61 Å². The normalized spacial score (nSPS) is 10.2. The zero-order chi connectivity index (χ0) is 16.2. The first-order valence-electron chi connectivity index (χ1n) is 8.56. The lowest BCUT2D eigenvalue weighted by Gasteiger charge is -2.07. The first-order valence-corrected chi connectivity index (χ1v) is 8.56. The quantitative estimate of drug-likeness (QED) is 0.541. The van der Waals surface area contributed by atoms with E-state index in [0.717, 1.165) is 6.42 Å². The topological polar surface area (TPSA) is 33.0 Å². The molecule has 2 heteroatoms. The summed E-state index contributed by atoms with van der Waals surface area (Å²) in [6.07, 6.45) is 8.57. The summed E-state index contributed by atoms with van der Waals surface area (Å²) < 4.78 is 5.69. The summed E-state index contributed by atoms with van der Waals surface area (Å²) in [5.41, 5.74) is 2.06. The lowest BCUT2D eigenvalue weighted by Crippen LogP contribution is -1.99. The van der Waals surface area contributed by atoms with Crippen LogP contribution in [0.25, 0.3) is 0 Å². The molecule has 0 heterocycles. The Morgan fingerprint density at radius 1 is 0.739 bits per heavy atom. The molecule has 120 valence electrons. The van der Waals surface area contributed by atoms with Gasteiger partial charge in [0.25, 0.3) is 0 Å². The molecule has 23 heavy (non-hydrogen) atoms. The van der Waals surface area contributed by atoms with Crippen molar-refractivity contribution in [2.45, 2.75) is 44.9 Å². The minimum atomic E-state index is 0.619. The Bertz CT molecular complexity index is 601. The molecule has 0 aliphatic rings. The van der Waals surface area contributed by atoms with Gasteiger partial charge in [0.05, 0.1) is 12.2 Å². The standard InChI is InChI=1S/C21H25NO/c22-18-20-15-9-10-16-21(20)23-17-11-4-2-1-3-6-12-19-13-7-5-8-14-19/h5,7-10,13-16H,1-4,6,11-12,17H2. The molecule has 0 saturated carbocycles. The van der Waals surface area contributed by atoms with Crippen LogP contribution in [0.3, 0.4) is 0 Å². The van der Waals surface area contributed by atoms with E-state index in [-0.39, 0.29) is 0 Å². The van der Waals surface area contributed by atoms with E-state index >= 15 is 0 Å². The second kappa shape index (κ2) is 10.5. The number of ether oxygens (including phenoxy) is 1. The molecule has 0 aliphatic carbocycles. The van der Waals surface area contributed by atoms with Gasteiger partial charge in [0.1, 0.15) is 11.8 Å². The van der Waals surface area contributed by atoms with Gasteiger partial charge in [-0.2, -0.15) is 5.26 Å². The Balaban J connectivity index is 1.48. The highest BCUT2D eigenvalue weighted by Gasteiger charge is 2.01. The van der Waals surface area contributed by atoms with Gasteiger partial charge in [-0.1, -0.05) is 68.1 Å². The molecule has 0 atom stereocenters. The Labute approximate surface area is 139 Å². The van der Waals surface area contributed by atoms with Gasteiger partial charge in [-0.25, -0.2) is 0 Å². The van der Waals surface area contributed by atoms with Gasteiger partial charge in [0.15, 0.2) is 0 Å². The third-order valence-corrected chi connectivity index (χ3v) is 3.97. The third kappa shape index (κ3) is 6.57. The highest BCUT2D eigenvalue weighted by atomic mass is 16.5. The second-order valence-electron chi connectivity index (χ2n) is 5.81. The number of nitriles is 1. The van der Waals surface area contributed by atoms with Crippen LogP contribution in [0.2, 0.25) is 0 Å². The molecule has 2 nitrogen and oxygen atoms in total. The average Bonchev–Trinajstić information content (AvgIpc) is 2.61. The zero-order valence-corrected chi connectivity index (χ0v) is 13.7. The zero-order valence-electron chi connectivity index (χ0n) is 13.7. The fourth-order valence-electron chi connectivity index (χ4n) is 2.65. The van der Waals surface area contributed by atoms with Gasteiger partial charge in [-0.3, -0.25) is 0 Å². The molecule has 0 radical (unpaired) electrons.